The van der Waals surface area contributed by atoms with Crippen molar-refractivity contribution in [3.05, 3.63) is 0 Å². The molecule has 0 saturated carbocycles. The van der Waals surface area contributed by atoms with Gasteiger partial charge in [0.2, 0.25) is 0 Å². The number of rotatable bonds is 2. The van der Waals surface area contributed by atoms with Crippen molar-refractivity contribution in [1.82, 2.24) is 0 Å². The van der Waals surface area contributed by atoms with Crippen LogP contribution in [0.1, 0.15) is 20.8 Å². The zero-order chi connectivity index (χ0) is 11.0. The predicted octanol–water partition coefficient (Wildman–Crippen LogP) is 0.870. The van der Waals surface area contributed by atoms with Crippen molar-refractivity contribution >= 4 is 10.2 Å². The smallest absolute Gasteiger partial charge is 0.305 e. The molecule has 6 heteroatoms. The first-order chi connectivity index (χ1) is 6.12. The minimum absolute atomic E-state index is 0.0865. The second-order valence-corrected chi connectivity index (χ2v) is 5.84. The largest absolute Gasteiger partial charge is 0.370 e. The molecule has 1 aliphatic heterocycles. The van der Waals surface area contributed by atoms with Gasteiger partial charge in [-0.05, 0) is 20.8 Å². The Bertz CT molecular complexity index is 299. The Balaban J connectivity index is 2.63. The SMILES string of the molecule is CC1(C)COC(C)(CS(=O)(=O)F)CO1. The highest BCUT2D eigenvalue weighted by Crippen LogP contribution is 2.26. The van der Waals surface area contributed by atoms with E-state index in [-0.39, 0.29) is 13.2 Å². The lowest BCUT2D eigenvalue weighted by atomic mass is 10.1. The third-order valence-corrected chi connectivity index (χ3v) is 2.97. The van der Waals surface area contributed by atoms with Gasteiger partial charge in [0.05, 0.1) is 18.8 Å². The van der Waals surface area contributed by atoms with Crippen molar-refractivity contribution in [3.8, 4) is 0 Å². The van der Waals surface area contributed by atoms with Crippen LogP contribution in [0.2, 0.25) is 0 Å². The Morgan fingerprint density at radius 2 is 1.79 bits per heavy atom. The molecular formula is C8H15FO4S. The summed E-state index contributed by atoms with van der Waals surface area (Å²) in [7, 11) is -4.52. The van der Waals surface area contributed by atoms with Gasteiger partial charge in [0, 0.05) is 0 Å². The third-order valence-electron chi connectivity index (χ3n) is 2.01. The topological polar surface area (TPSA) is 52.6 Å². The second-order valence-electron chi connectivity index (χ2n) is 4.47. The van der Waals surface area contributed by atoms with Gasteiger partial charge in [0.1, 0.15) is 11.4 Å². The Morgan fingerprint density at radius 1 is 1.21 bits per heavy atom. The summed E-state index contributed by atoms with van der Waals surface area (Å²) in [6, 6.07) is 0. The first-order valence-corrected chi connectivity index (χ1v) is 5.88. The summed E-state index contributed by atoms with van der Waals surface area (Å²) < 4.78 is 44.1. The van der Waals surface area contributed by atoms with Crippen molar-refractivity contribution < 1.29 is 21.8 Å². The summed E-state index contributed by atoms with van der Waals surface area (Å²) >= 11 is 0. The summed E-state index contributed by atoms with van der Waals surface area (Å²) in [4.78, 5) is 0. The van der Waals surface area contributed by atoms with Crippen molar-refractivity contribution in [2.75, 3.05) is 19.0 Å². The van der Waals surface area contributed by atoms with Crippen molar-refractivity contribution in [1.29, 1.82) is 0 Å². The summed E-state index contributed by atoms with van der Waals surface area (Å²) in [5, 5.41) is 0. The number of hydrogen-bond acceptors (Lipinski definition) is 4. The van der Waals surface area contributed by atoms with Crippen LogP contribution in [0.25, 0.3) is 0 Å². The molecule has 0 aromatic rings. The molecule has 1 saturated heterocycles. The van der Waals surface area contributed by atoms with E-state index in [0.717, 1.165) is 0 Å². The van der Waals surface area contributed by atoms with Crippen LogP contribution in [-0.4, -0.2) is 38.6 Å². The Labute approximate surface area is 83.6 Å². The zero-order valence-electron chi connectivity index (χ0n) is 8.54. The molecule has 0 aromatic carbocycles. The Kier molecular flexibility index (Phi) is 2.91. The minimum Gasteiger partial charge on any atom is -0.370 e. The molecule has 0 aromatic heterocycles. The molecule has 0 amide bonds. The summed E-state index contributed by atoms with van der Waals surface area (Å²) in [5.74, 6) is -0.657. The second kappa shape index (κ2) is 3.43. The molecule has 1 heterocycles. The molecule has 0 aliphatic carbocycles. The fourth-order valence-corrected chi connectivity index (χ4v) is 2.12. The Hall–Kier alpha value is -0.200. The van der Waals surface area contributed by atoms with Gasteiger partial charge in [-0.1, -0.05) is 0 Å². The molecule has 1 fully saturated rings. The zero-order valence-corrected chi connectivity index (χ0v) is 9.36. The van der Waals surface area contributed by atoms with E-state index in [1.807, 2.05) is 13.8 Å². The lowest BCUT2D eigenvalue weighted by Gasteiger charge is -2.40. The molecule has 14 heavy (non-hydrogen) atoms. The maximum atomic E-state index is 12.4. The summed E-state index contributed by atoms with van der Waals surface area (Å²) in [5.41, 5.74) is -1.50. The standard InChI is InChI=1S/C8H15FO4S/c1-7(2)4-13-8(3,5-12-7)6-14(9,10)11/h4-6H2,1-3H3. The van der Waals surface area contributed by atoms with Gasteiger partial charge < -0.3 is 9.47 Å². The van der Waals surface area contributed by atoms with E-state index >= 15 is 0 Å². The van der Waals surface area contributed by atoms with Gasteiger partial charge in [-0.3, -0.25) is 0 Å². The number of ether oxygens (including phenoxy) is 2. The van der Waals surface area contributed by atoms with Gasteiger partial charge in [0.15, 0.2) is 0 Å². The molecular weight excluding hydrogens is 211 g/mol. The van der Waals surface area contributed by atoms with Gasteiger partial charge in [-0.2, -0.15) is 8.42 Å². The molecule has 0 bridgehead atoms. The van der Waals surface area contributed by atoms with Gasteiger partial charge >= 0.3 is 10.2 Å². The van der Waals surface area contributed by atoms with Crippen LogP contribution in [0, 0.1) is 0 Å². The maximum Gasteiger partial charge on any atom is 0.305 e. The van der Waals surface area contributed by atoms with E-state index < -0.39 is 27.2 Å². The quantitative estimate of drug-likeness (QED) is 0.656. The van der Waals surface area contributed by atoms with Crippen LogP contribution < -0.4 is 0 Å². The van der Waals surface area contributed by atoms with E-state index in [0.29, 0.717) is 0 Å². The molecule has 84 valence electrons. The lowest BCUT2D eigenvalue weighted by Crippen LogP contribution is -2.52. The van der Waals surface area contributed by atoms with E-state index in [9.17, 15) is 12.3 Å². The molecule has 4 nitrogen and oxygen atoms in total. The maximum absolute atomic E-state index is 12.4. The summed E-state index contributed by atoms with van der Waals surface area (Å²) in [6.45, 7) is 5.54. The minimum atomic E-state index is -4.52. The molecule has 0 N–H and O–H groups in total. The van der Waals surface area contributed by atoms with Crippen LogP contribution in [0.5, 0.6) is 0 Å². The average molecular weight is 226 g/mol. The normalized spacial score (nSPS) is 32.9. The van der Waals surface area contributed by atoms with E-state index in [4.69, 9.17) is 9.47 Å². The summed E-state index contributed by atoms with van der Waals surface area (Å²) in [6.07, 6.45) is 0. The van der Waals surface area contributed by atoms with Crippen LogP contribution in [-0.2, 0) is 19.7 Å². The highest BCUT2D eigenvalue weighted by molar-refractivity contribution is 7.86. The van der Waals surface area contributed by atoms with Crippen LogP contribution in [0.3, 0.4) is 0 Å². The molecule has 1 unspecified atom stereocenters. The number of hydrogen-bond donors (Lipinski definition) is 0. The Morgan fingerprint density at radius 3 is 2.14 bits per heavy atom. The molecule has 1 rings (SSSR count). The third kappa shape index (κ3) is 3.51. The van der Waals surface area contributed by atoms with E-state index in [1.54, 1.807) is 0 Å². The van der Waals surface area contributed by atoms with Crippen LogP contribution >= 0.6 is 0 Å². The van der Waals surface area contributed by atoms with E-state index in [1.165, 1.54) is 6.92 Å². The molecule has 1 aliphatic rings. The first kappa shape index (κ1) is 11.9. The van der Waals surface area contributed by atoms with Crippen molar-refractivity contribution in [2.45, 2.75) is 32.0 Å². The monoisotopic (exact) mass is 226 g/mol. The van der Waals surface area contributed by atoms with Crippen LogP contribution in [0.15, 0.2) is 0 Å². The number of halogens is 1. The van der Waals surface area contributed by atoms with Gasteiger partial charge in [-0.25, -0.2) is 0 Å². The van der Waals surface area contributed by atoms with E-state index in [2.05, 4.69) is 0 Å². The molecule has 0 radical (unpaired) electrons. The predicted molar refractivity (Wildman–Crippen MR) is 49.3 cm³/mol. The van der Waals surface area contributed by atoms with Crippen molar-refractivity contribution in [3.63, 3.8) is 0 Å². The van der Waals surface area contributed by atoms with Gasteiger partial charge in [-0.15, -0.1) is 3.89 Å². The fourth-order valence-electron chi connectivity index (χ4n) is 1.23. The van der Waals surface area contributed by atoms with Crippen LogP contribution in [0.4, 0.5) is 3.89 Å². The molecule has 1 atom stereocenters. The first-order valence-electron chi connectivity index (χ1n) is 4.32. The average Bonchev–Trinajstić information content (AvgIpc) is 1.93. The van der Waals surface area contributed by atoms with Crippen molar-refractivity contribution in [2.24, 2.45) is 0 Å². The van der Waals surface area contributed by atoms with Gasteiger partial charge in [0.25, 0.3) is 0 Å². The lowest BCUT2D eigenvalue weighted by molar-refractivity contribution is -0.208. The molecule has 0 spiro atoms. The fraction of sp³-hybridized carbons (Fsp3) is 1.00. The highest BCUT2D eigenvalue weighted by atomic mass is 32.3. The highest BCUT2D eigenvalue weighted by Gasteiger charge is 2.40.